The summed E-state index contributed by atoms with van der Waals surface area (Å²) in [6.45, 7) is 7.66. The van der Waals surface area contributed by atoms with Gasteiger partial charge in [-0.05, 0) is 25.0 Å². The molecule has 7 heteroatoms. The summed E-state index contributed by atoms with van der Waals surface area (Å²) >= 11 is 0. The van der Waals surface area contributed by atoms with Gasteiger partial charge in [-0.1, -0.05) is 31.5 Å². The van der Waals surface area contributed by atoms with Gasteiger partial charge in [-0.15, -0.1) is 12.4 Å². The lowest BCUT2D eigenvalue weighted by Crippen LogP contribution is -2.30. The SMILES string of the molecule is COCCNCC(=O)Nc1cc(C(C)C)nn1-c1ccc(C)cc1.Cl. The summed E-state index contributed by atoms with van der Waals surface area (Å²) in [5, 5.41) is 10.6. The molecule has 0 saturated carbocycles. The van der Waals surface area contributed by atoms with Gasteiger partial charge in [0, 0.05) is 19.7 Å². The zero-order valence-electron chi connectivity index (χ0n) is 15.2. The van der Waals surface area contributed by atoms with E-state index in [0.29, 0.717) is 19.0 Å². The summed E-state index contributed by atoms with van der Waals surface area (Å²) in [7, 11) is 1.63. The van der Waals surface area contributed by atoms with Gasteiger partial charge in [0.05, 0.1) is 24.5 Å². The van der Waals surface area contributed by atoms with Gasteiger partial charge in [0.1, 0.15) is 5.82 Å². The molecule has 0 atom stereocenters. The number of methoxy groups -OCH3 is 1. The molecule has 1 aromatic heterocycles. The number of nitrogens with one attached hydrogen (secondary N) is 2. The van der Waals surface area contributed by atoms with Crippen LogP contribution in [-0.4, -0.2) is 42.5 Å². The Morgan fingerprint density at radius 3 is 2.56 bits per heavy atom. The molecule has 1 aromatic carbocycles. The number of carbonyl (C=O) groups is 1. The molecule has 0 aliphatic heterocycles. The highest BCUT2D eigenvalue weighted by molar-refractivity contribution is 5.91. The second-order valence-corrected chi connectivity index (χ2v) is 6.07. The summed E-state index contributed by atoms with van der Waals surface area (Å²) in [4.78, 5) is 12.1. The number of halogens is 1. The molecule has 2 N–H and O–H groups in total. The zero-order chi connectivity index (χ0) is 17.5. The van der Waals surface area contributed by atoms with E-state index in [4.69, 9.17) is 4.74 Å². The first-order valence-corrected chi connectivity index (χ1v) is 8.17. The van der Waals surface area contributed by atoms with Crippen molar-refractivity contribution in [3.63, 3.8) is 0 Å². The number of aromatic nitrogens is 2. The van der Waals surface area contributed by atoms with Crippen LogP contribution in [0.25, 0.3) is 5.69 Å². The average molecular weight is 367 g/mol. The van der Waals surface area contributed by atoms with Crippen LogP contribution in [0.3, 0.4) is 0 Å². The molecule has 1 amide bonds. The maximum Gasteiger partial charge on any atom is 0.239 e. The lowest BCUT2D eigenvalue weighted by atomic mass is 10.1. The molecule has 25 heavy (non-hydrogen) atoms. The van der Waals surface area contributed by atoms with E-state index in [1.807, 2.05) is 37.3 Å². The third-order valence-corrected chi connectivity index (χ3v) is 3.63. The van der Waals surface area contributed by atoms with Crippen molar-refractivity contribution in [2.45, 2.75) is 26.7 Å². The molecule has 0 spiro atoms. The summed E-state index contributed by atoms with van der Waals surface area (Å²) in [5.41, 5.74) is 3.05. The molecule has 0 aliphatic rings. The van der Waals surface area contributed by atoms with Crippen molar-refractivity contribution >= 4 is 24.1 Å². The zero-order valence-corrected chi connectivity index (χ0v) is 16.0. The fourth-order valence-corrected chi connectivity index (χ4v) is 2.22. The largest absolute Gasteiger partial charge is 0.383 e. The molecule has 0 radical (unpaired) electrons. The second-order valence-electron chi connectivity index (χ2n) is 6.07. The Morgan fingerprint density at radius 2 is 1.96 bits per heavy atom. The van der Waals surface area contributed by atoms with E-state index in [1.54, 1.807) is 11.8 Å². The van der Waals surface area contributed by atoms with Crippen molar-refractivity contribution < 1.29 is 9.53 Å². The van der Waals surface area contributed by atoms with Crippen LogP contribution in [0.5, 0.6) is 0 Å². The number of carbonyl (C=O) groups excluding carboxylic acids is 1. The van der Waals surface area contributed by atoms with Crippen LogP contribution in [0, 0.1) is 6.92 Å². The molecule has 0 aliphatic carbocycles. The molecule has 138 valence electrons. The van der Waals surface area contributed by atoms with Crippen molar-refractivity contribution in [2.24, 2.45) is 0 Å². The molecule has 1 heterocycles. The van der Waals surface area contributed by atoms with E-state index >= 15 is 0 Å². The quantitative estimate of drug-likeness (QED) is 0.705. The van der Waals surface area contributed by atoms with Crippen molar-refractivity contribution in [1.82, 2.24) is 15.1 Å². The lowest BCUT2D eigenvalue weighted by molar-refractivity contribution is -0.115. The summed E-state index contributed by atoms with van der Waals surface area (Å²) in [5.74, 6) is 0.864. The molecule has 0 fully saturated rings. The molecule has 2 aromatic rings. The number of hydrogen-bond donors (Lipinski definition) is 2. The van der Waals surface area contributed by atoms with Gasteiger partial charge < -0.3 is 15.4 Å². The molecule has 2 rings (SSSR count). The monoisotopic (exact) mass is 366 g/mol. The Hall–Kier alpha value is -1.89. The maximum atomic E-state index is 12.1. The Morgan fingerprint density at radius 1 is 1.28 bits per heavy atom. The van der Waals surface area contributed by atoms with E-state index in [0.717, 1.165) is 11.4 Å². The van der Waals surface area contributed by atoms with E-state index < -0.39 is 0 Å². The highest BCUT2D eigenvalue weighted by atomic mass is 35.5. The number of rotatable bonds is 8. The van der Waals surface area contributed by atoms with Crippen molar-refractivity contribution in [3.8, 4) is 5.69 Å². The van der Waals surface area contributed by atoms with Gasteiger partial charge >= 0.3 is 0 Å². The second kappa shape index (κ2) is 10.2. The number of nitrogens with zero attached hydrogens (tertiary/aromatic N) is 2. The minimum atomic E-state index is -0.102. The predicted molar refractivity (Wildman–Crippen MR) is 103 cm³/mol. The van der Waals surface area contributed by atoms with Gasteiger partial charge in [-0.25, -0.2) is 4.68 Å². The molecule has 0 saturated heterocycles. The Labute approximate surface area is 155 Å². The van der Waals surface area contributed by atoms with Gasteiger partial charge in [-0.2, -0.15) is 5.10 Å². The van der Waals surface area contributed by atoms with Gasteiger partial charge in [0.15, 0.2) is 0 Å². The first kappa shape index (κ1) is 21.2. The maximum absolute atomic E-state index is 12.1. The number of amides is 1. The third kappa shape index (κ3) is 6.16. The van der Waals surface area contributed by atoms with Crippen LogP contribution in [0.15, 0.2) is 30.3 Å². The number of benzene rings is 1. The molecule has 0 unspecified atom stereocenters. The predicted octanol–water partition coefficient (Wildman–Crippen LogP) is 2.90. The Bertz CT molecular complexity index is 668. The van der Waals surface area contributed by atoms with Gasteiger partial charge in [0.25, 0.3) is 0 Å². The van der Waals surface area contributed by atoms with Crippen LogP contribution in [0.4, 0.5) is 5.82 Å². The van der Waals surface area contributed by atoms with E-state index in [-0.39, 0.29) is 30.8 Å². The van der Waals surface area contributed by atoms with Gasteiger partial charge in [0.2, 0.25) is 5.91 Å². The van der Waals surface area contributed by atoms with Crippen LogP contribution in [0.2, 0.25) is 0 Å². The van der Waals surface area contributed by atoms with E-state index in [9.17, 15) is 4.79 Å². The Kier molecular flexibility index (Phi) is 8.61. The van der Waals surface area contributed by atoms with Crippen LogP contribution >= 0.6 is 12.4 Å². The number of anilines is 1. The first-order chi connectivity index (χ1) is 11.5. The number of aryl methyl sites for hydroxylation is 1. The highest BCUT2D eigenvalue weighted by Gasteiger charge is 2.14. The van der Waals surface area contributed by atoms with Crippen molar-refractivity contribution in [1.29, 1.82) is 0 Å². The molecular formula is C18H27ClN4O2. The third-order valence-electron chi connectivity index (χ3n) is 3.63. The van der Waals surface area contributed by atoms with Crippen molar-refractivity contribution in [2.75, 3.05) is 32.1 Å². The minimum Gasteiger partial charge on any atom is -0.383 e. The summed E-state index contributed by atoms with van der Waals surface area (Å²) in [6, 6.07) is 9.99. The topological polar surface area (TPSA) is 68.2 Å². The van der Waals surface area contributed by atoms with Crippen LogP contribution in [0.1, 0.15) is 31.0 Å². The van der Waals surface area contributed by atoms with Gasteiger partial charge in [-0.3, -0.25) is 4.79 Å². The smallest absolute Gasteiger partial charge is 0.239 e. The summed E-state index contributed by atoms with van der Waals surface area (Å²) < 4.78 is 6.73. The molecule has 0 bridgehead atoms. The van der Waals surface area contributed by atoms with Crippen LogP contribution in [-0.2, 0) is 9.53 Å². The summed E-state index contributed by atoms with van der Waals surface area (Å²) in [6.07, 6.45) is 0. The van der Waals surface area contributed by atoms with E-state index in [2.05, 4.69) is 29.6 Å². The normalized spacial score (nSPS) is 10.6. The fraction of sp³-hybridized carbons (Fsp3) is 0.444. The average Bonchev–Trinajstić information content (AvgIpc) is 2.96. The molecule has 6 nitrogen and oxygen atoms in total. The molecular weight excluding hydrogens is 340 g/mol. The lowest BCUT2D eigenvalue weighted by Gasteiger charge is -2.09. The van der Waals surface area contributed by atoms with Crippen LogP contribution < -0.4 is 10.6 Å². The highest BCUT2D eigenvalue weighted by Crippen LogP contribution is 2.22. The van der Waals surface area contributed by atoms with E-state index in [1.165, 1.54) is 5.56 Å². The minimum absolute atomic E-state index is 0. The first-order valence-electron chi connectivity index (χ1n) is 8.17. The fourth-order valence-electron chi connectivity index (χ4n) is 2.22. The Balaban J connectivity index is 0.00000312. The standard InChI is InChI=1S/C18H26N4O2.ClH/c1-13(2)16-11-17(20-18(23)12-19-9-10-24-4)22(21-16)15-7-5-14(3)6-8-15;/h5-8,11,13,19H,9-10,12H2,1-4H3,(H,20,23);1H. The number of ether oxygens (including phenoxy) is 1. The number of hydrogen-bond acceptors (Lipinski definition) is 4. The van der Waals surface area contributed by atoms with Crippen molar-refractivity contribution in [3.05, 3.63) is 41.6 Å².